The molecule has 8 heteroatoms. The van der Waals surface area contributed by atoms with Gasteiger partial charge in [-0.05, 0) is 48.9 Å². The number of nitrogens with one attached hydrogen (secondary N) is 1. The quantitative estimate of drug-likeness (QED) is 0.329. The molecule has 1 N–H and O–H groups in total. The summed E-state index contributed by atoms with van der Waals surface area (Å²) in [6.45, 7) is 8.81. The third-order valence-electron chi connectivity index (χ3n) is 5.19. The van der Waals surface area contributed by atoms with E-state index in [0.29, 0.717) is 22.8 Å². The molecule has 3 rings (SSSR count). The lowest BCUT2D eigenvalue weighted by Crippen LogP contribution is -2.34. The van der Waals surface area contributed by atoms with E-state index in [4.69, 9.17) is 11.6 Å². The van der Waals surface area contributed by atoms with E-state index in [1.54, 1.807) is 84.6 Å². The Morgan fingerprint density at radius 1 is 0.971 bits per heavy atom. The summed E-state index contributed by atoms with van der Waals surface area (Å²) in [5.74, 6) is 0.448. The normalized spacial score (nSPS) is 11.8. The minimum absolute atomic E-state index is 0.0531. The van der Waals surface area contributed by atoms with Crippen molar-refractivity contribution >= 4 is 45.0 Å². The highest BCUT2D eigenvalue weighted by atomic mass is 35.5. The number of anilines is 1. The monoisotopic (exact) mass is 530 g/mol. The van der Waals surface area contributed by atoms with Crippen LogP contribution in [0.4, 0.5) is 5.69 Å². The molecular formula is C27H31ClN2O3S2. The molecule has 35 heavy (non-hydrogen) atoms. The minimum Gasteiger partial charge on any atom is -0.351 e. The predicted octanol–water partition coefficient (Wildman–Crippen LogP) is 6.31. The van der Waals surface area contributed by atoms with E-state index in [1.807, 2.05) is 6.92 Å². The van der Waals surface area contributed by atoms with Crippen LogP contribution in [0.3, 0.4) is 0 Å². The molecule has 3 aromatic carbocycles. The van der Waals surface area contributed by atoms with Crippen molar-refractivity contribution in [3.63, 3.8) is 0 Å². The topological polar surface area (TPSA) is 66.5 Å². The maximum Gasteiger partial charge on any atom is 0.264 e. The van der Waals surface area contributed by atoms with Crippen LogP contribution in [-0.4, -0.2) is 31.4 Å². The number of thioether (sulfide) groups is 1. The molecule has 0 radical (unpaired) electrons. The molecular weight excluding hydrogens is 500 g/mol. The van der Waals surface area contributed by atoms with Crippen LogP contribution >= 0.6 is 23.4 Å². The largest absolute Gasteiger partial charge is 0.351 e. The molecule has 0 fully saturated rings. The first kappa shape index (κ1) is 27.1. The molecule has 3 aromatic rings. The lowest BCUT2D eigenvalue weighted by atomic mass is 10.1. The molecule has 0 aliphatic heterocycles. The van der Waals surface area contributed by atoms with E-state index in [2.05, 4.69) is 26.1 Å². The summed E-state index contributed by atoms with van der Waals surface area (Å²) in [6, 6.07) is 20.5. The van der Waals surface area contributed by atoms with E-state index in [1.165, 1.54) is 4.31 Å². The SMILES string of the molecule is Cc1ccc(S(=O)(=O)N(Cc2ccc(Cl)cc2)c2ccccc2C(=O)NCCSC(C)(C)C)cc1. The van der Waals surface area contributed by atoms with Crippen molar-refractivity contribution in [2.24, 2.45) is 0 Å². The van der Waals surface area contributed by atoms with Crippen LogP contribution in [0.2, 0.25) is 5.02 Å². The summed E-state index contributed by atoms with van der Waals surface area (Å²) in [5.41, 5.74) is 2.34. The van der Waals surface area contributed by atoms with Crippen molar-refractivity contribution in [1.29, 1.82) is 0 Å². The number of hydrogen-bond acceptors (Lipinski definition) is 4. The van der Waals surface area contributed by atoms with Gasteiger partial charge in [-0.25, -0.2) is 8.42 Å². The molecule has 5 nitrogen and oxygen atoms in total. The summed E-state index contributed by atoms with van der Waals surface area (Å²) >= 11 is 7.79. The number of amides is 1. The van der Waals surface area contributed by atoms with E-state index in [9.17, 15) is 13.2 Å². The van der Waals surface area contributed by atoms with Crippen molar-refractivity contribution in [3.8, 4) is 0 Å². The second kappa shape index (κ2) is 11.5. The number of halogens is 1. The smallest absolute Gasteiger partial charge is 0.264 e. The summed E-state index contributed by atoms with van der Waals surface area (Å²) < 4.78 is 29.0. The standard InChI is InChI=1S/C27H31ClN2O3S2/c1-20-9-15-23(16-10-20)35(32,33)30(19-21-11-13-22(28)14-12-21)25-8-6-5-7-24(25)26(31)29-17-18-34-27(2,3)4/h5-16H,17-19H2,1-4H3,(H,29,31). The Hall–Kier alpha value is -2.48. The molecule has 186 valence electrons. The number of para-hydroxylation sites is 1. The Bertz CT molecular complexity index is 1250. The maximum absolute atomic E-state index is 13.8. The van der Waals surface area contributed by atoms with E-state index in [-0.39, 0.29) is 22.1 Å². The molecule has 0 aliphatic carbocycles. The van der Waals surface area contributed by atoms with Crippen molar-refractivity contribution in [2.45, 2.75) is 43.9 Å². The van der Waals surface area contributed by atoms with Crippen molar-refractivity contribution in [2.75, 3.05) is 16.6 Å². The van der Waals surface area contributed by atoms with Gasteiger partial charge in [-0.2, -0.15) is 11.8 Å². The molecule has 0 saturated carbocycles. The van der Waals surface area contributed by atoms with Crippen molar-refractivity contribution in [1.82, 2.24) is 5.32 Å². The second-order valence-corrected chi connectivity index (χ2v) is 13.4. The highest BCUT2D eigenvalue weighted by Crippen LogP contribution is 2.30. The van der Waals surface area contributed by atoms with Crippen LogP contribution in [0.1, 0.15) is 42.3 Å². The zero-order chi connectivity index (χ0) is 25.6. The number of benzene rings is 3. The Labute approximate surface area is 217 Å². The lowest BCUT2D eigenvalue weighted by Gasteiger charge is -2.27. The fourth-order valence-corrected chi connectivity index (χ4v) is 5.81. The fourth-order valence-electron chi connectivity index (χ4n) is 3.39. The van der Waals surface area contributed by atoms with Gasteiger partial charge in [0.25, 0.3) is 15.9 Å². The number of nitrogens with zero attached hydrogens (tertiary/aromatic N) is 1. The molecule has 0 unspecified atom stereocenters. The second-order valence-electron chi connectivity index (χ2n) is 9.19. The highest BCUT2D eigenvalue weighted by molar-refractivity contribution is 8.00. The van der Waals surface area contributed by atoms with Gasteiger partial charge in [0.1, 0.15) is 0 Å². The van der Waals surface area contributed by atoms with Crippen molar-refractivity contribution in [3.05, 3.63) is 94.5 Å². The first-order valence-electron chi connectivity index (χ1n) is 11.3. The Balaban J connectivity index is 1.98. The third kappa shape index (κ3) is 7.50. The molecule has 0 heterocycles. The van der Waals surface area contributed by atoms with Crippen LogP contribution in [-0.2, 0) is 16.6 Å². The zero-order valence-electron chi connectivity index (χ0n) is 20.4. The summed E-state index contributed by atoms with van der Waals surface area (Å²) in [6.07, 6.45) is 0. The zero-order valence-corrected chi connectivity index (χ0v) is 22.8. The van der Waals surface area contributed by atoms with Gasteiger partial charge >= 0.3 is 0 Å². The number of carbonyl (C=O) groups is 1. The van der Waals surface area contributed by atoms with Gasteiger partial charge in [-0.3, -0.25) is 9.10 Å². The highest BCUT2D eigenvalue weighted by Gasteiger charge is 2.28. The molecule has 0 saturated heterocycles. The van der Waals surface area contributed by atoms with Gasteiger partial charge in [-0.15, -0.1) is 0 Å². The van der Waals surface area contributed by atoms with Gasteiger partial charge < -0.3 is 5.32 Å². The summed E-state index contributed by atoms with van der Waals surface area (Å²) in [5, 5.41) is 3.50. The van der Waals surface area contributed by atoms with E-state index >= 15 is 0 Å². The average molecular weight is 531 g/mol. The summed E-state index contributed by atoms with van der Waals surface area (Å²) in [4.78, 5) is 13.3. The molecule has 0 aliphatic rings. The van der Waals surface area contributed by atoms with Crippen molar-refractivity contribution < 1.29 is 13.2 Å². The summed E-state index contributed by atoms with van der Waals surface area (Å²) in [7, 11) is -3.96. The van der Waals surface area contributed by atoms with E-state index in [0.717, 1.165) is 16.9 Å². The molecule has 0 bridgehead atoms. The lowest BCUT2D eigenvalue weighted by molar-refractivity contribution is 0.0956. The predicted molar refractivity (Wildman–Crippen MR) is 147 cm³/mol. The number of sulfonamides is 1. The van der Waals surface area contributed by atoms with Crippen LogP contribution in [0, 0.1) is 6.92 Å². The molecule has 1 amide bonds. The van der Waals surface area contributed by atoms with Gasteiger partial charge in [0, 0.05) is 22.1 Å². The number of rotatable bonds is 9. The van der Waals surface area contributed by atoms with Crippen LogP contribution in [0.25, 0.3) is 0 Å². The van der Waals surface area contributed by atoms with Gasteiger partial charge in [-0.1, -0.05) is 74.3 Å². The minimum atomic E-state index is -3.96. The Morgan fingerprint density at radius 2 is 1.60 bits per heavy atom. The van der Waals surface area contributed by atoms with E-state index < -0.39 is 10.0 Å². The molecule has 0 aromatic heterocycles. The van der Waals surface area contributed by atoms with Crippen LogP contribution in [0.5, 0.6) is 0 Å². The fraction of sp³-hybridized carbons (Fsp3) is 0.296. The van der Waals surface area contributed by atoms with Gasteiger partial charge in [0.15, 0.2) is 0 Å². The number of hydrogen-bond donors (Lipinski definition) is 1. The van der Waals surface area contributed by atoms with Gasteiger partial charge in [0.2, 0.25) is 0 Å². The van der Waals surface area contributed by atoms with Crippen LogP contribution < -0.4 is 9.62 Å². The third-order valence-corrected chi connectivity index (χ3v) is 8.49. The number of aryl methyl sites for hydroxylation is 1. The Kier molecular flexibility index (Phi) is 8.91. The molecule has 0 atom stereocenters. The Morgan fingerprint density at radius 3 is 2.23 bits per heavy atom. The van der Waals surface area contributed by atoms with Gasteiger partial charge in [0.05, 0.1) is 22.7 Å². The number of carbonyl (C=O) groups excluding carboxylic acids is 1. The maximum atomic E-state index is 13.8. The molecule has 0 spiro atoms. The van der Waals surface area contributed by atoms with Crippen LogP contribution in [0.15, 0.2) is 77.7 Å². The average Bonchev–Trinajstić information content (AvgIpc) is 2.81. The first-order chi connectivity index (χ1) is 16.5. The first-order valence-corrected chi connectivity index (χ1v) is 14.1.